The van der Waals surface area contributed by atoms with Crippen molar-refractivity contribution in [2.24, 2.45) is 0 Å². The number of fused-ring (bicyclic) bond motifs is 3. The lowest BCUT2D eigenvalue weighted by atomic mass is 9.79. The van der Waals surface area contributed by atoms with Crippen LogP contribution in [0.3, 0.4) is 0 Å². The standard InChI is InChI=1S/C31H33F2N3O/c1-4-31(35(2)3,22-10-6-5-7-11-22)16-14-28-29-26(25-12-8-9-13-27(25)34-29)15-17-36(28)30(37)21-18-23(32)20-24(33)19-21/h5-13,18-20,28,34H,4,14-17H2,1-3H3. The first-order valence-corrected chi connectivity index (χ1v) is 12.9. The molecule has 37 heavy (non-hydrogen) atoms. The van der Waals surface area contributed by atoms with Gasteiger partial charge in [-0.05, 0) is 69.1 Å². The quantitative estimate of drug-likeness (QED) is 0.301. The minimum atomic E-state index is -0.745. The molecule has 6 heteroatoms. The normalized spacial score (nSPS) is 17.1. The molecule has 1 amide bonds. The van der Waals surface area contributed by atoms with E-state index in [9.17, 15) is 13.6 Å². The first kappa shape index (κ1) is 25.2. The van der Waals surface area contributed by atoms with Crippen molar-refractivity contribution < 1.29 is 13.6 Å². The van der Waals surface area contributed by atoms with E-state index in [1.165, 1.54) is 16.5 Å². The molecule has 4 aromatic rings. The fourth-order valence-electron chi connectivity index (χ4n) is 6.15. The number of hydrogen-bond donors (Lipinski definition) is 1. The van der Waals surface area contributed by atoms with Crippen LogP contribution in [-0.4, -0.2) is 41.3 Å². The molecule has 0 aliphatic carbocycles. The second-order valence-corrected chi connectivity index (χ2v) is 10.2. The predicted octanol–water partition coefficient (Wildman–Crippen LogP) is 6.83. The Kier molecular flexibility index (Phi) is 6.86. The van der Waals surface area contributed by atoms with Crippen LogP contribution in [0.25, 0.3) is 10.9 Å². The zero-order valence-corrected chi connectivity index (χ0v) is 21.6. The van der Waals surface area contributed by atoms with Crippen molar-refractivity contribution in [1.29, 1.82) is 0 Å². The highest BCUT2D eigenvalue weighted by Crippen LogP contribution is 2.42. The third-order valence-corrected chi connectivity index (χ3v) is 8.11. The lowest BCUT2D eigenvalue weighted by Crippen LogP contribution is -2.44. The van der Waals surface area contributed by atoms with Crippen LogP contribution in [0.2, 0.25) is 0 Å². The van der Waals surface area contributed by atoms with Gasteiger partial charge in [0.05, 0.1) is 6.04 Å². The van der Waals surface area contributed by atoms with E-state index >= 15 is 0 Å². The number of halogens is 2. The molecule has 4 nitrogen and oxygen atoms in total. The minimum Gasteiger partial charge on any atom is -0.356 e. The Morgan fingerprint density at radius 2 is 1.70 bits per heavy atom. The molecule has 0 spiro atoms. The Hall–Kier alpha value is -3.51. The minimum absolute atomic E-state index is 0.0412. The number of aromatic amines is 1. The van der Waals surface area contributed by atoms with Gasteiger partial charge in [-0.25, -0.2) is 8.78 Å². The maximum atomic E-state index is 14.0. The Morgan fingerprint density at radius 3 is 2.38 bits per heavy atom. The summed E-state index contributed by atoms with van der Waals surface area (Å²) in [6.45, 7) is 2.68. The van der Waals surface area contributed by atoms with Crippen LogP contribution in [0.4, 0.5) is 8.78 Å². The number of nitrogens with one attached hydrogen (secondary N) is 1. The van der Waals surface area contributed by atoms with Gasteiger partial charge >= 0.3 is 0 Å². The summed E-state index contributed by atoms with van der Waals surface area (Å²) in [5, 5.41) is 1.17. The van der Waals surface area contributed by atoms with Crippen LogP contribution in [-0.2, 0) is 12.0 Å². The lowest BCUT2D eigenvalue weighted by molar-refractivity contribution is 0.0591. The van der Waals surface area contributed by atoms with Crippen LogP contribution >= 0.6 is 0 Å². The van der Waals surface area contributed by atoms with Crippen molar-refractivity contribution in [3.8, 4) is 0 Å². The summed E-state index contributed by atoms with van der Waals surface area (Å²) in [6, 6.07) is 21.5. The van der Waals surface area contributed by atoms with Gasteiger partial charge in [-0.3, -0.25) is 9.69 Å². The van der Waals surface area contributed by atoms with Crippen LogP contribution in [0, 0.1) is 11.6 Å². The Balaban J connectivity index is 1.56. The third kappa shape index (κ3) is 4.55. The molecule has 1 aliphatic rings. The zero-order chi connectivity index (χ0) is 26.2. The number of amides is 1. The van der Waals surface area contributed by atoms with E-state index in [1.807, 2.05) is 18.2 Å². The summed E-state index contributed by atoms with van der Waals surface area (Å²) < 4.78 is 28.1. The highest BCUT2D eigenvalue weighted by atomic mass is 19.1. The number of hydrogen-bond acceptors (Lipinski definition) is 2. The van der Waals surface area contributed by atoms with Crippen molar-refractivity contribution in [2.75, 3.05) is 20.6 Å². The molecular weight excluding hydrogens is 468 g/mol. The second-order valence-electron chi connectivity index (χ2n) is 10.2. The van der Waals surface area contributed by atoms with Gasteiger partial charge in [-0.15, -0.1) is 0 Å². The van der Waals surface area contributed by atoms with Gasteiger partial charge in [0, 0.05) is 40.3 Å². The fraction of sp³-hybridized carbons (Fsp3) is 0.323. The van der Waals surface area contributed by atoms with E-state index in [-0.39, 0.29) is 23.1 Å². The topological polar surface area (TPSA) is 39.3 Å². The molecule has 0 fully saturated rings. The number of para-hydroxylation sites is 1. The molecule has 1 aliphatic heterocycles. The largest absolute Gasteiger partial charge is 0.356 e. The van der Waals surface area contributed by atoms with Gasteiger partial charge in [-0.1, -0.05) is 55.5 Å². The molecule has 5 rings (SSSR count). The first-order chi connectivity index (χ1) is 17.8. The van der Waals surface area contributed by atoms with Crippen molar-refractivity contribution in [3.05, 3.63) is 107 Å². The summed E-state index contributed by atoms with van der Waals surface area (Å²) in [5.41, 5.74) is 4.35. The molecular formula is C31H33F2N3O. The van der Waals surface area contributed by atoms with Gasteiger partial charge in [0.25, 0.3) is 5.91 Å². The number of aromatic nitrogens is 1. The number of carbonyl (C=O) groups excluding carboxylic acids is 1. The molecule has 3 aromatic carbocycles. The average Bonchev–Trinajstić information content (AvgIpc) is 3.28. The number of nitrogens with zero attached hydrogens (tertiary/aromatic N) is 2. The summed E-state index contributed by atoms with van der Waals surface area (Å²) in [5.74, 6) is -1.84. The number of rotatable bonds is 7. The van der Waals surface area contributed by atoms with E-state index in [2.05, 4.69) is 67.3 Å². The molecule has 0 bridgehead atoms. The average molecular weight is 502 g/mol. The first-order valence-electron chi connectivity index (χ1n) is 12.9. The molecule has 2 heterocycles. The van der Waals surface area contributed by atoms with Crippen LogP contribution in [0.1, 0.15) is 59.4 Å². The fourth-order valence-corrected chi connectivity index (χ4v) is 6.15. The number of carbonyl (C=O) groups is 1. The molecule has 2 unspecified atom stereocenters. The van der Waals surface area contributed by atoms with Crippen molar-refractivity contribution >= 4 is 16.8 Å². The molecule has 2 atom stereocenters. The molecule has 0 saturated carbocycles. The monoisotopic (exact) mass is 501 g/mol. The molecule has 0 radical (unpaired) electrons. The Bertz CT molecular complexity index is 1390. The number of H-pyrrole nitrogens is 1. The summed E-state index contributed by atoms with van der Waals surface area (Å²) in [6.07, 6.45) is 3.09. The predicted molar refractivity (Wildman–Crippen MR) is 143 cm³/mol. The smallest absolute Gasteiger partial charge is 0.254 e. The highest BCUT2D eigenvalue weighted by molar-refractivity contribution is 5.95. The van der Waals surface area contributed by atoms with E-state index < -0.39 is 11.6 Å². The highest BCUT2D eigenvalue weighted by Gasteiger charge is 2.38. The second kappa shape index (κ2) is 10.1. The van der Waals surface area contributed by atoms with E-state index in [4.69, 9.17) is 0 Å². The van der Waals surface area contributed by atoms with Gasteiger partial charge in [-0.2, -0.15) is 0 Å². The van der Waals surface area contributed by atoms with Crippen LogP contribution < -0.4 is 0 Å². The zero-order valence-electron chi connectivity index (χ0n) is 21.6. The molecule has 192 valence electrons. The summed E-state index contributed by atoms with van der Waals surface area (Å²) in [4.78, 5) is 21.4. The Morgan fingerprint density at radius 1 is 1.03 bits per heavy atom. The van der Waals surface area contributed by atoms with Gasteiger partial charge in [0.15, 0.2) is 0 Å². The van der Waals surface area contributed by atoms with E-state index in [0.29, 0.717) is 19.4 Å². The number of benzene rings is 3. The maximum Gasteiger partial charge on any atom is 0.254 e. The third-order valence-electron chi connectivity index (χ3n) is 8.11. The van der Waals surface area contributed by atoms with Gasteiger partial charge < -0.3 is 9.88 Å². The van der Waals surface area contributed by atoms with Crippen molar-refractivity contribution in [1.82, 2.24) is 14.8 Å². The van der Waals surface area contributed by atoms with Crippen LogP contribution in [0.15, 0.2) is 72.8 Å². The van der Waals surface area contributed by atoms with Crippen molar-refractivity contribution in [3.63, 3.8) is 0 Å². The van der Waals surface area contributed by atoms with Crippen molar-refractivity contribution in [2.45, 2.75) is 44.2 Å². The Labute approximate surface area is 216 Å². The molecule has 0 saturated heterocycles. The summed E-state index contributed by atoms with van der Waals surface area (Å²) in [7, 11) is 4.20. The maximum absolute atomic E-state index is 14.0. The van der Waals surface area contributed by atoms with Gasteiger partial charge in [0.2, 0.25) is 0 Å². The summed E-state index contributed by atoms with van der Waals surface area (Å²) >= 11 is 0. The lowest BCUT2D eigenvalue weighted by Gasteiger charge is -2.43. The SMILES string of the molecule is CCC(CCC1c2[nH]c3ccccc3c2CCN1C(=O)c1cc(F)cc(F)c1)(c1ccccc1)N(C)C. The van der Waals surface area contributed by atoms with Crippen LogP contribution in [0.5, 0.6) is 0 Å². The molecule has 1 aromatic heterocycles. The molecule has 1 N–H and O–H groups in total. The van der Waals surface area contributed by atoms with E-state index in [0.717, 1.165) is 42.3 Å². The van der Waals surface area contributed by atoms with E-state index in [1.54, 1.807) is 4.90 Å². The van der Waals surface area contributed by atoms with Gasteiger partial charge in [0.1, 0.15) is 11.6 Å².